The molecule has 0 aliphatic carbocycles. The van der Waals surface area contributed by atoms with Gasteiger partial charge in [-0.1, -0.05) is 47.7 Å². The topological polar surface area (TPSA) is 26.3 Å². The normalized spacial score (nSPS) is 10.5. The standard InChI is InChI=1S/C12H14O2Si/c1-11(13)14-9-5-6-10-15-12-7-3-2-4-8-12/h2-8H,9-10H2,1H3/b6-5-. The average Bonchev–Trinajstić information content (AvgIpc) is 2.24. The summed E-state index contributed by atoms with van der Waals surface area (Å²) in [6, 6.07) is 11.4. The lowest BCUT2D eigenvalue weighted by Crippen LogP contribution is -2.11. The smallest absolute Gasteiger partial charge is 0.302 e. The Labute approximate surface area is 92.8 Å². The van der Waals surface area contributed by atoms with Crippen molar-refractivity contribution in [1.29, 1.82) is 0 Å². The zero-order chi connectivity index (χ0) is 10.9. The zero-order valence-corrected chi connectivity index (χ0v) is 9.77. The lowest BCUT2D eigenvalue weighted by Gasteiger charge is -1.96. The summed E-state index contributed by atoms with van der Waals surface area (Å²) in [6.07, 6.45) is 3.94. The highest BCUT2D eigenvalue weighted by atomic mass is 28.2. The fourth-order valence-electron chi connectivity index (χ4n) is 1.05. The fraction of sp³-hybridized carbons (Fsp3) is 0.250. The van der Waals surface area contributed by atoms with Gasteiger partial charge in [0.2, 0.25) is 0 Å². The maximum absolute atomic E-state index is 10.4. The first-order valence-electron chi connectivity index (χ1n) is 4.86. The van der Waals surface area contributed by atoms with Crippen LogP contribution in [0.1, 0.15) is 6.92 Å². The van der Waals surface area contributed by atoms with E-state index < -0.39 is 0 Å². The van der Waals surface area contributed by atoms with Crippen molar-refractivity contribution in [1.82, 2.24) is 0 Å². The number of benzene rings is 1. The third-order valence-electron chi connectivity index (χ3n) is 1.75. The van der Waals surface area contributed by atoms with Crippen molar-refractivity contribution in [2.45, 2.75) is 13.0 Å². The van der Waals surface area contributed by atoms with E-state index in [1.54, 1.807) is 0 Å². The highest BCUT2D eigenvalue weighted by molar-refractivity contribution is 6.53. The first kappa shape index (κ1) is 11.7. The Balaban J connectivity index is 2.14. The molecule has 1 aromatic carbocycles. The molecule has 2 radical (unpaired) electrons. The zero-order valence-electron chi connectivity index (χ0n) is 8.77. The molecule has 2 nitrogen and oxygen atoms in total. The molecule has 0 amide bonds. The summed E-state index contributed by atoms with van der Waals surface area (Å²) in [7, 11) is 0.783. The highest BCUT2D eigenvalue weighted by Crippen LogP contribution is 1.87. The van der Waals surface area contributed by atoms with Gasteiger partial charge in [-0.05, 0) is 6.04 Å². The van der Waals surface area contributed by atoms with E-state index in [4.69, 9.17) is 4.74 Å². The number of rotatable bonds is 5. The van der Waals surface area contributed by atoms with Crippen molar-refractivity contribution < 1.29 is 9.53 Å². The molecule has 78 valence electrons. The SMILES string of the molecule is CC(=O)OC/C=C\C[Si]c1ccccc1. The minimum absolute atomic E-state index is 0.231. The van der Waals surface area contributed by atoms with E-state index in [1.165, 1.54) is 12.1 Å². The molecule has 1 aromatic rings. The van der Waals surface area contributed by atoms with Crippen molar-refractivity contribution in [3.8, 4) is 0 Å². The van der Waals surface area contributed by atoms with Crippen LogP contribution in [0, 0.1) is 0 Å². The Morgan fingerprint density at radius 3 is 2.73 bits per heavy atom. The summed E-state index contributed by atoms with van der Waals surface area (Å²) < 4.78 is 4.77. The van der Waals surface area contributed by atoms with Gasteiger partial charge in [0, 0.05) is 6.92 Å². The second kappa shape index (κ2) is 7.01. The molecule has 0 bridgehead atoms. The van der Waals surface area contributed by atoms with Crippen LogP contribution in [0.25, 0.3) is 0 Å². The number of ether oxygens (including phenoxy) is 1. The molecular formula is C12H14O2Si. The molecule has 0 atom stereocenters. The van der Waals surface area contributed by atoms with Crippen molar-refractivity contribution in [3.05, 3.63) is 42.5 Å². The molecule has 3 heteroatoms. The van der Waals surface area contributed by atoms with Gasteiger partial charge in [-0.2, -0.15) is 0 Å². The first-order chi connectivity index (χ1) is 7.29. The molecule has 0 fully saturated rings. The Hall–Kier alpha value is -1.35. The summed E-state index contributed by atoms with van der Waals surface area (Å²) >= 11 is 0. The molecule has 0 aliphatic heterocycles. The number of hydrogen-bond acceptors (Lipinski definition) is 2. The van der Waals surface area contributed by atoms with Crippen LogP contribution in [0.2, 0.25) is 6.04 Å². The summed E-state index contributed by atoms with van der Waals surface area (Å²) in [4.78, 5) is 10.4. The van der Waals surface area contributed by atoms with E-state index in [1.807, 2.05) is 30.4 Å². The third-order valence-corrected chi connectivity index (χ3v) is 2.93. The van der Waals surface area contributed by atoms with Crippen molar-refractivity contribution in [2.75, 3.05) is 6.61 Å². The van der Waals surface area contributed by atoms with Gasteiger partial charge in [0.05, 0.1) is 9.52 Å². The summed E-state index contributed by atoms with van der Waals surface area (Å²) in [6.45, 7) is 1.80. The number of hydrogen-bond donors (Lipinski definition) is 0. The fourth-order valence-corrected chi connectivity index (χ4v) is 2.00. The minimum Gasteiger partial charge on any atom is -0.462 e. The molecule has 0 spiro atoms. The average molecular weight is 218 g/mol. The van der Waals surface area contributed by atoms with Crippen LogP contribution in [0.4, 0.5) is 0 Å². The molecule has 15 heavy (non-hydrogen) atoms. The number of allylic oxidation sites excluding steroid dienone is 1. The van der Waals surface area contributed by atoms with Gasteiger partial charge < -0.3 is 4.74 Å². The number of carbonyl (C=O) groups excluding carboxylic acids is 1. The molecule has 0 heterocycles. The van der Waals surface area contributed by atoms with Crippen LogP contribution in [-0.4, -0.2) is 22.1 Å². The Bertz CT molecular complexity index is 320. The number of esters is 1. The molecule has 0 saturated carbocycles. The maximum Gasteiger partial charge on any atom is 0.302 e. The summed E-state index contributed by atoms with van der Waals surface area (Å²) in [5.41, 5.74) is 0. The minimum atomic E-state index is -0.231. The van der Waals surface area contributed by atoms with E-state index in [0.29, 0.717) is 6.61 Å². The van der Waals surface area contributed by atoms with Crippen LogP contribution >= 0.6 is 0 Å². The van der Waals surface area contributed by atoms with Gasteiger partial charge in [0.25, 0.3) is 0 Å². The van der Waals surface area contributed by atoms with Gasteiger partial charge >= 0.3 is 5.97 Å². The van der Waals surface area contributed by atoms with Gasteiger partial charge in [-0.15, -0.1) is 0 Å². The van der Waals surface area contributed by atoms with Crippen LogP contribution in [0.3, 0.4) is 0 Å². The monoisotopic (exact) mass is 218 g/mol. The van der Waals surface area contributed by atoms with E-state index in [0.717, 1.165) is 15.6 Å². The molecule has 0 unspecified atom stereocenters. The third kappa shape index (κ3) is 5.86. The van der Waals surface area contributed by atoms with Gasteiger partial charge in [0.1, 0.15) is 6.61 Å². The van der Waals surface area contributed by atoms with Crippen molar-refractivity contribution in [3.63, 3.8) is 0 Å². The van der Waals surface area contributed by atoms with Crippen molar-refractivity contribution in [2.24, 2.45) is 0 Å². The lowest BCUT2D eigenvalue weighted by molar-refractivity contribution is -0.139. The molecule has 0 saturated heterocycles. The van der Waals surface area contributed by atoms with E-state index in [9.17, 15) is 4.79 Å². The van der Waals surface area contributed by atoms with Crippen LogP contribution in [0.5, 0.6) is 0 Å². The van der Waals surface area contributed by atoms with Crippen LogP contribution < -0.4 is 5.19 Å². The number of carbonyl (C=O) groups is 1. The molecule has 0 aromatic heterocycles. The van der Waals surface area contributed by atoms with E-state index in [2.05, 4.69) is 12.1 Å². The predicted molar refractivity (Wildman–Crippen MR) is 62.4 cm³/mol. The second-order valence-electron chi connectivity index (χ2n) is 3.02. The van der Waals surface area contributed by atoms with Gasteiger partial charge in [-0.25, -0.2) is 0 Å². The van der Waals surface area contributed by atoms with Crippen LogP contribution in [-0.2, 0) is 9.53 Å². The Morgan fingerprint density at radius 2 is 2.07 bits per heavy atom. The predicted octanol–water partition coefficient (Wildman–Crippen LogP) is 1.55. The lowest BCUT2D eigenvalue weighted by atomic mass is 10.4. The first-order valence-corrected chi connectivity index (χ1v) is 6.07. The quantitative estimate of drug-likeness (QED) is 0.426. The summed E-state index contributed by atoms with van der Waals surface area (Å²) in [5.74, 6) is -0.231. The maximum atomic E-state index is 10.4. The van der Waals surface area contributed by atoms with Gasteiger partial charge in [0.15, 0.2) is 0 Å². The largest absolute Gasteiger partial charge is 0.462 e. The Morgan fingerprint density at radius 1 is 1.33 bits per heavy atom. The van der Waals surface area contributed by atoms with Crippen LogP contribution in [0.15, 0.2) is 42.5 Å². The highest BCUT2D eigenvalue weighted by Gasteiger charge is 1.90. The summed E-state index contributed by atoms with van der Waals surface area (Å²) in [5, 5.41) is 1.36. The van der Waals surface area contributed by atoms with Gasteiger partial charge in [-0.3, -0.25) is 4.79 Å². The molecule has 0 aliphatic rings. The molecular weight excluding hydrogens is 204 g/mol. The van der Waals surface area contributed by atoms with E-state index in [-0.39, 0.29) is 5.97 Å². The Kier molecular flexibility index (Phi) is 5.48. The molecule has 0 N–H and O–H groups in total. The molecule has 1 rings (SSSR count). The van der Waals surface area contributed by atoms with E-state index >= 15 is 0 Å². The van der Waals surface area contributed by atoms with Crippen molar-refractivity contribution >= 4 is 20.7 Å². The second-order valence-corrected chi connectivity index (χ2v) is 4.36.